The number of benzene rings is 1. The van der Waals surface area contributed by atoms with E-state index in [9.17, 15) is 0 Å². The largest absolute Gasteiger partial charge is 0.491 e. The molecule has 19 heavy (non-hydrogen) atoms. The lowest BCUT2D eigenvalue weighted by Crippen LogP contribution is -2.32. The van der Waals surface area contributed by atoms with Crippen molar-refractivity contribution in [2.24, 2.45) is 11.7 Å². The van der Waals surface area contributed by atoms with E-state index in [-0.39, 0.29) is 0 Å². The molecular weight excluding hydrogens is 236 g/mol. The molecule has 3 nitrogen and oxygen atoms in total. The Balaban J connectivity index is 1.95. The van der Waals surface area contributed by atoms with Crippen molar-refractivity contribution in [2.45, 2.75) is 51.6 Å². The molecule has 1 saturated carbocycles. The Kier molecular flexibility index (Phi) is 5.08. The van der Waals surface area contributed by atoms with Gasteiger partial charge < -0.3 is 15.8 Å². The SMILES string of the molecule is CC(C)COc1ccccc1NC1CCC(N)CC1. The van der Waals surface area contributed by atoms with Crippen molar-refractivity contribution in [1.82, 2.24) is 0 Å². The molecular formula is C16H26N2O. The quantitative estimate of drug-likeness (QED) is 0.855. The number of rotatable bonds is 5. The van der Waals surface area contributed by atoms with Gasteiger partial charge in [-0.25, -0.2) is 0 Å². The molecule has 1 aromatic carbocycles. The van der Waals surface area contributed by atoms with E-state index < -0.39 is 0 Å². The summed E-state index contributed by atoms with van der Waals surface area (Å²) < 4.78 is 5.87. The Labute approximate surface area is 116 Å². The summed E-state index contributed by atoms with van der Waals surface area (Å²) in [4.78, 5) is 0. The third kappa shape index (κ3) is 4.43. The number of nitrogens with two attached hydrogens (primary N) is 1. The predicted octanol–water partition coefficient (Wildman–Crippen LogP) is 3.40. The van der Waals surface area contributed by atoms with Crippen LogP contribution < -0.4 is 15.8 Å². The van der Waals surface area contributed by atoms with Gasteiger partial charge in [-0.3, -0.25) is 0 Å². The van der Waals surface area contributed by atoms with Gasteiger partial charge in [0.05, 0.1) is 12.3 Å². The van der Waals surface area contributed by atoms with Crippen molar-refractivity contribution in [3.63, 3.8) is 0 Å². The highest BCUT2D eigenvalue weighted by Gasteiger charge is 2.19. The van der Waals surface area contributed by atoms with Crippen LogP contribution in [0, 0.1) is 5.92 Å². The molecule has 3 N–H and O–H groups in total. The maximum absolute atomic E-state index is 5.95. The molecule has 3 heteroatoms. The fourth-order valence-corrected chi connectivity index (χ4v) is 2.45. The molecule has 0 radical (unpaired) electrons. The fourth-order valence-electron chi connectivity index (χ4n) is 2.45. The third-order valence-corrected chi connectivity index (χ3v) is 3.59. The lowest BCUT2D eigenvalue weighted by Gasteiger charge is -2.28. The second-order valence-electron chi connectivity index (χ2n) is 5.96. The molecule has 1 aliphatic carbocycles. The highest BCUT2D eigenvalue weighted by molar-refractivity contribution is 5.56. The van der Waals surface area contributed by atoms with E-state index >= 15 is 0 Å². The summed E-state index contributed by atoms with van der Waals surface area (Å²) in [6.45, 7) is 5.09. The van der Waals surface area contributed by atoms with E-state index in [2.05, 4.69) is 31.3 Å². The standard InChI is InChI=1S/C16H26N2O/c1-12(2)11-19-16-6-4-3-5-15(16)18-14-9-7-13(17)8-10-14/h3-6,12-14,18H,7-11,17H2,1-2H3. The van der Waals surface area contributed by atoms with E-state index in [0.717, 1.165) is 43.7 Å². The lowest BCUT2D eigenvalue weighted by molar-refractivity contribution is 0.272. The molecule has 0 unspecified atom stereocenters. The summed E-state index contributed by atoms with van der Waals surface area (Å²) in [6, 6.07) is 9.15. The highest BCUT2D eigenvalue weighted by Crippen LogP contribution is 2.28. The van der Waals surface area contributed by atoms with Crippen molar-refractivity contribution < 1.29 is 4.74 Å². The smallest absolute Gasteiger partial charge is 0.142 e. The zero-order valence-corrected chi connectivity index (χ0v) is 12.1. The molecule has 0 atom stereocenters. The molecule has 0 bridgehead atoms. The number of hydrogen-bond donors (Lipinski definition) is 2. The van der Waals surface area contributed by atoms with Crippen molar-refractivity contribution in [3.8, 4) is 5.75 Å². The minimum absolute atomic E-state index is 0.394. The predicted molar refractivity (Wildman–Crippen MR) is 80.6 cm³/mol. The number of anilines is 1. The Hall–Kier alpha value is -1.22. The summed E-state index contributed by atoms with van der Waals surface area (Å²) in [5.74, 6) is 1.51. The summed E-state index contributed by atoms with van der Waals surface area (Å²) >= 11 is 0. The summed E-state index contributed by atoms with van der Waals surface area (Å²) in [5, 5.41) is 3.61. The maximum Gasteiger partial charge on any atom is 0.142 e. The van der Waals surface area contributed by atoms with E-state index in [1.807, 2.05) is 12.1 Å². The molecule has 2 rings (SSSR count). The van der Waals surface area contributed by atoms with Crippen LogP contribution in [0.5, 0.6) is 5.75 Å². The van der Waals surface area contributed by atoms with Crippen LogP contribution in [0.25, 0.3) is 0 Å². The van der Waals surface area contributed by atoms with Gasteiger partial charge in [0.25, 0.3) is 0 Å². The number of hydrogen-bond acceptors (Lipinski definition) is 3. The second-order valence-corrected chi connectivity index (χ2v) is 5.96. The van der Waals surface area contributed by atoms with Gasteiger partial charge >= 0.3 is 0 Å². The van der Waals surface area contributed by atoms with Gasteiger partial charge in [-0.05, 0) is 43.7 Å². The van der Waals surface area contributed by atoms with Crippen LogP contribution >= 0.6 is 0 Å². The normalized spacial score (nSPS) is 23.4. The van der Waals surface area contributed by atoms with Gasteiger partial charge in [-0.15, -0.1) is 0 Å². The molecule has 0 spiro atoms. The first-order chi connectivity index (χ1) is 9.15. The Morgan fingerprint density at radius 3 is 2.58 bits per heavy atom. The molecule has 1 aromatic rings. The van der Waals surface area contributed by atoms with Crippen LogP contribution in [0.2, 0.25) is 0 Å². The van der Waals surface area contributed by atoms with E-state index in [0.29, 0.717) is 18.0 Å². The van der Waals surface area contributed by atoms with E-state index in [1.54, 1.807) is 0 Å². The number of nitrogens with one attached hydrogen (secondary N) is 1. The second kappa shape index (κ2) is 6.80. The van der Waals surface area contributed by atoms with Gasteiger partial charge in [-0.2, -0.15) is 0 Å². The zero-order valence-electron chi connectivity index (χ0n) is 12.1. The van der Waals surface area contributed by atoms with Crippen LogP contribution in [0.15, 0.2) is 24.3 Å². The van der Waals surface area contributed by atoms with Crippen LogP contribution in [0.4, 0.5) is 5.69 Å². The summed E-state index contributed by atoms with van der Waals surface area (Å²) in [6.07, 6.45) is 4.54. The van der Waals surface area contributed by atoms with Gasteiger partial charge in [-0.1, -0.05) is 26.0 Å². The Morgan fingerprint density at radius 2 is 1.89 bits per heavy atom. The first-order valence-electron chi connectivity index (χ1n) is 7.39. The third-order valence-electron chi connectivity index (χ3n) is 3.59. The molecule has 0 aliphatic heterocycles. The van der Waals surface area contributed by atoms with Crippen molar-refractivity contribution in [2.75, 3.05) is 11.9 Å². The van der Waals surface area contributed by atoms with Crippen LogP contribution in [0.1, 0.15) is 39.5 Å². The minimum atomic E-state index is 0.394. The molecule has 0 amide bonds. The summed E-state index contributed by atoms with van der Waals surface area (Å²) in [5.41, 5.74) is 7.06. The van der Waals surface area contributed by atoms with Gasteiger partial charge in [0.1, 0.15) is 5.75 Å². The Bertz CT molecular complexity index is 384. The number of para-hydroxylation sites is 2. The van der Waals surface area contributed by atoms with Crippen LogP contribution in [0.3, 0.4) is 0 Å². The zero-order chi connectivity index (χ0) is 13.7. The molecule has 0 heterocycles. The maximum atomic E-state index is 5.95. The van der Waals surface area contributed by atoms with E-state index in [4.69, 9.17) is 10.5 Å². The molecule has 1 fully saturated rings. The van der Waals surface area contributed by atoms with Crippen molar-refractivity contribution >= 4 is 5.69 Å². The van der Waals surface area contributed by atoms with Crippen LogP contribution in [-0.4, -0.2) is 18.7 Å². The van der Waals surface area contributed by atoms with Gasteiger partial charge in [0, 0.05) is 12.1 Å². The topological polar surface area (TPSA) is 47.3 Å². The average molecular weight is 262 g/mol. The first kappa shape index (κ1) is 14.2. The number of ether oxygens (including phenoxy) is 1. The van der Waals surface area contributed by atoms with Gasteiger partial charge in [0.2, 0.25) is 0 Å². The minimum Gasteiger partial charge on any atom is -0.491 e. The van der Waals surface area contributed by atoms with Crippen molar-refractivity contribution in [1.29, 1.82) is 0 Å². The molecule has 0 aromatic heterocycles. The first-order valence-corrected chi connectivity index (χ1v) is 7.39. The monoisotopic (exact) mass is 262 g/mol. The van der Waals surface area contributed by atoms with Gasteiger partial charge in [0.15, 0.2) is 0 Å². The van der Waals surface area contributed by atoms with Crippen LogP contribution in [-0.2, 0) is 0 Å². The highest BCUT2D eigenvalue weighted by atomic mass is 16.5. The molecule has 106 valence electrons. The Morgan fingerprint density at radius 1 is 1.21 bits per heavy atom. The summed E-state index contributed by atoms with van der Waals surface area (Å²) in [7, 11) is 0. The molecule has 1 aliphatic rings. The fraction of sp³-hybridized carbons (Fsp3) is 0.625. The van der Waals surface area contributed by atoms with Crippen molar-refractivity contribution in [3.05, 3.63) is 24.3 Å². The van der Waals surface area contributed by atoms with E-state index in [1.165, 1.54) is 0 Å². The molecule has 0 saturated heterocycles. The average Bonchev–Trinajstić information content (AvgIpc) is 2.40. The lowest BCUT2D eigenvalue weighted by atomic mass is 9.91.